The highest BCUT2D eigenvalue weighted by Crippen LogP contribution is 2.31. The summed E-state index contributed by atoms with van der Waals surface area (Å²) in [5.41, 5.74) is 4.80. The molecule has 1 fully saturated rings. The SMILES string of the molecule is COCCOc1ccc(CN2C[C@@H]3C(c4ccc(C)cc4)=NO[C@@H]3C2)cc1. The molecule has 0 radical (unpaired) electrons. The number of methoxy groups -OCH3 is 1. The first-order valence-electron chi connectivity index (χ1n) is 9.47. The van der Waals surface area contributed by atoms with Crippen molar-refractivity contribution < 1.29 is 14.3 Å². The number of hydrogen-bond donors (Lipinski definition) is 0. The molecular weight excluding hydrogens is 340 g/mol. The molecule has 2 aromatic carbocycles. The molecule has 2 aliphatic heterocycles. The summed E-state index contributed by atoms with van der Waals surface area (Å²) in [6, 6.07) is 16.9. The minimum atomic E-state index is 0.165. The van der Waals surface area contributed by atoms with E-state index in [1.807, 2.05) is 12.1 Å². The van der Waals surface area contributed by atoms with Gasteiger partial charge in [-0.1, -0.05) is 47.1 Å². The summed E-state index contributed by atoms with van der Waals surface area (Å²) >= 11 is 0. The van der Waals surface area contributed by atoms with Gasteiger partial charge in [-0.15, -0.1) is 0 Å². The van der Waals surface area contributed by atoms with Gasteiger partial charge in [0.2, 0.25) is 0 Å². The number of fused-ring (bicyclic) bond motifs is 1. The van der Waals surface area contributed by atoms with Crippen LogP contribution in [0.25, 0.3) is 0 Å². The van der Waals surface area contributed by atoms with Crippen LogP contribution in [0.15, 0.2) is 53.7 Å². The second-order valence-corrected chi connectivity index (χ2v) is 7.27. The average Bonchev–Trinajstić information content (AvgIpc) is 3.24. The van der Waals surface area contributed by atoms with Crippen LogP contribution in [-0.4, -0.2) is 50.1 Å². The lowest BCUT2D eigenvalue weighted by molar-refractivity contribution is 0.0745. The van der Waals surface area contributed by atoms with Crippen molar-refractivity contribution in [1.82, 2.24) is 4.90 Å². The molecule has 0 unspecified atom stereocenters. The Morgan fingerprint density at radius 1 is 1.04 bits per heavy atom. The van der Waals surface area contributed by atoms with Gasteiger partial charge in [0.1, 0.15) is 18.5 Å². The van der Waals surface area contributed by atoms with Gasteiger partial charge in [-0.3, -0.25) is 4.90 Å². The van der Waals surface area contributed by atoms with Crippen molar-refractivity contribution in [3.05, 3.63) is 65.2 Å². The lowest BCUT2D eigenvalue weighted by atomic mass is 9.94. The van der Waals surface area contributed by atoms with E-state index in [9.17, 15) is 0 Å². The van der Waals surface area contributed by atoms with Gasteiger partial charge in [-0.05, 0) is 30.2 Å². The molecule has 142 valence electrons. The van der Waals surface area contributed by atoms with Gasteiger partial charge in [0.15, 0.2) is 0 Å². The largest absolute Gasteiger partial charge is 0.491 e. The van der Waals surface area contributed by atoms with Crippen molar-refractivity contribution in [3.63, 3.8) is 0 Å². The Hall–Kier alpha value is -2.37. The molecule has 5 heteroatoms. The normalized spacial score (nSPS) is 21.6. The Kier molecular flexibility index (Phi) is 5.41. The minimum Gasteiger partial charge on any atom is -0.491 e. The highest BCUT2D eigenvalue weighted by atomic mass is 16.6. The molecule has 5 nitrogen and oxygen atoms in total. The van der Waals surface area contributed by atoms with E-state index >= 15 is 0 Å². The summed E-state index contributed by atoms with van der Waals surface area (Å²) in [6.45, 7) is 6.08. The van der Waals surface area contributed by atoms with Crippen molar-refractivity contribution in [1.29, 1.82) is 0 Å². The van der Waals surface area contributed by atoms with Gasteiger partial charge in [0.05, 0.1) is 18.2 Å². The number of rotatable bonds is 7. The van der Waals surface area contributed by atoms with E-state index in [1.54, 1.807) is 7.11 Å². The van der Waals surface area contributed by atoms with E-state index in [0.29, 0.717) is 19.1 Å². The first-order valence-corrected chi connectivity index (χ1v) is 9.47. The Labute approximate surface area is 160 Å². The third-order valence-corrected chi connectivity index (χ3v) is 5.21. The van der Waals surface area contributed by atoms with E-state index in [4.69, 9.17) is 14.3 Å². The predicted molar refractivity (Wildman–Crippen MR) is 105 cm³/mol. The highest BCUT2D eigenvalue weighted by Gasteiger charge is 2.42. The third-order valence-electron chi connectivity index (χ3n) is 5.21. The number of benzene rings is 2. The molecule has 0 aromatic heterocycles. The summed E-state index contributed by atoms with van der Waals surface area (Å²) in [4.78, 5) is 8.17. The maximum Gasteiger partial charge on any atom is 0.149 e. The maximum absolute atomic E-state index is 5.73. The molecule has 4 rings (SSSR count). The van der Waals surface area contributed by atoms with Crippen LogP contribution in [0.1, 0.15) is 16.7 Å². The molecule has 2 heterocycles. The minimum absolute atomic E-state index is 0.165. The zero-order valence-electron chi connectivity index (χ0n) is 15.9. The number of oxime groups is 1. The summed E-state index contributed by atoms with van der Waals surface area (Å²) in [6.07, 6.45) is 0.165. The topological polar surface area (TPSA) is 43.3 Å². The number of hydrogen-bond acceptors (Lipinski definition) is 5. The average molecular weight is 366 g/mol. The Balaban J connectivity index is 1.35. The molecule has 0 N–H and O–H groups in total. The van der Waals surface area contributed by atoms with Crippen LogP contribution in [0.2, 0.25) is 0 Å². The second kappa shape index (κ2) is 8.11. The first-order chi connectivity index (χ1) is 13.2. The predicted octanol–water partition coefficient (Wildman–Crippen LogP) is 3.26. The van der Waals surface area contributed by atoms with Gasteiger partial charge < -0.3 is 14.3 Å². The molecule has 0 spiro atoms. The Morgan fingerprint density at radius 3 is 2.56 bits per heavy atom. The lowest BCUT2D eigenvalue weighted by Gasteiger charge is -2.16. The third kappa shape index (κ3) is 4.15. The molecular formula is C22H26N2O3. The van der Waals surface area contributed by atoms with E-state index in [-0.39, 0.29) is 6.10 Å². The number of aryl methyl sites for hydroxylation is 1. The van der Waals surface area contributed by atoms with Gasteiger partial charge >= 0.3 is 0 Å². The van der Waals surface area contributed by atoms with Gasteiger partial charge in [0, 0.05) is 26.7 Å². The van der Waals surface area contributed by atoms with Crippen LogP contribution >= 0.6 is 0 Å². The molecule has 0 aliphatic carbocycles. The molecule has 2 aliphatic rings. The standard InChI is InChI=1S/C22H26N2O3/c1-16-3-7-18(8-4-16)22-20-14-24(15-21(20)27-23-22)13-17-5-9-19(10-6-17)26-12-11-25-2/h3-10,20-21H,11-15H2,1-2H3/t20-,21+/m0/s1. The fourth-order valence-corrected chi connectivity index (χ4v) is 3.73. The summed E-state index contributed by atoms with van der Waals surface area (Å²) < 4.78 is 10.6. The fourth-order valence-electron chi connectivity index (χ4n) is 3.73. The molecule has 27 heavy (non-hydrogen) atoms. The van der Waals surface area contributed by atoms with Crippen LogP contribution in [0.3, 0.4) is 0 Å². The number of nitrogens with zero attached hydrogens (tertiary/aromatic N) is 2. The molecule has 0 amide bonds. The lowest BCUT2D eigenvalue weighted by Crippen LogP contribution is -2.23. The van der Waals surface area contributed by atoms with Crippen LogP contribution in [0.5, 0.6) is 5.75 Å². The van der Waals surface area contributed by atoms with Crippen molar-refractivity contribution in [2.75, 3.05) is 33.4 Å². The molecule has 2 aromatic rings. The van der Waals surface area contributed by atoms with Crippen molar-refractivity contribution in [3.8, 4) is 5.75 Å². The second-order valence-electron chi connectivity index (χ2n) is 7.27. The molecule has 1 saturated heterocycles. The Morgan fingerprint density at radius 2 is 1.81 bits per heavy atom. The van der Waals surface area contributed by atoms with Crippen LogP contribution in [0, 0.1) is 12.8 Å². The summed E-state index contributed by atoms with van der Waals surface area (Å²) in [5, 5.41) is 4.37. The monoisotopic (exact) mass is 366 g/mol. The first kappa shape index (κ1) is 18.0. The van der Waals surface area contributed by atoms with Gasteiger partial charge in [-0.2, -0.15) is 0 Å². The van der Waals surface area contributed by atoms with Crippen molar-refractivity contribution >= 4 is 5.71 Å². The summed E-state index contributed by atoms with van der Waals surface area (Å²) in [7, 11) is 1.68. The summed E-state index contributed by atoms with van der Waals surface area (Å²) in [5.74, 6) is 1.23. The number of likely N-dealkylation sites (tertiary alicyclic amines) is 1. The van der Waals surface area contributed by atoms with Crippen LogP contribution < -0.4 is 4.74 Å². The van der Waals surface area contributed by atoms with Crippen molar-refractivity contribution in [2.45, 2.75) is 19.6 Å². The van der Waals surface area contributed by atoms with E-state index in [1.165, 1.54) is 16.7 Å². The fraction of sp³-hybridized carbons (Fsp3) is 0.409. The van der Waals surface area contributed by atoms with Crippen molar-refractivity contribution in [2.24, 2.45) is 11.1 Å². The van der Waals surface area contributed by atoms with Gasteiger partial charge in [-0.25, -0.2) is 0 Å². The van der Waals surface area contributed by atoms with E-state index in [0.717, 1.165) is 31.1 Å². The zero-order valence-corrected chi connectivity index (χ0v) is 15.9. The highest BCUT2D eigenvalue weighted by molar-refractivity contribution is 6.03. The molecule has 0 saturated carbocycles. The van der Waals surface area contributed by atoms with E-state index < -0.39 is 0 Å². The van der Waals surface area contributed by atoms with E-state index in [2.05, 4.69) is 53.4 Å². The van der Waals surface area contributed by atoms with Crippen LogP contribution in [0.4, 0.5) is 0 Å². The number of ether oxygens (including phenoxy) is 2. The van der Waals surface area contributed by atoms with Crippen LogP contribution in [-0.2, 0) is 16.1 Å². The molecule has 0 bridgehead atoms. The molecule has 2 atom stereocenters. The smallest absolute Gasteiger partial charge is 0.149 e. The Bertz CT molecular complexity index is 786. The van der Waals surface area contributed by atoms with Gasteiger partial charge in [0.25, 0.3) is 0 Å². The maximum atomic E-state index is 5.73. The quantitative estimate of drug-likeness (QED) is 0.706. The zero-order chi connectivity index (χ0) is 18.6.